The second-order valence-corrected chi connectivity index (χ2v) is 7.40. The number of hydrogen-bond donors (Lipinski definition) is 2. The topological polar surface area (TPSA) is 58.2 Å². The molecule has 1 aromatic carbocycles. The molecule has 0 bridgehead atoms. The van der Waals surface area contributed by atoms with E-state index >= 15 is 0 Å². The van der Waals surface area contributed by atoms with E-state index in [1.54, 1.807) is 18.2 Å². The van der Waals surface area contributed by atoms with E-state index in [4.69, 9.17) is 11.6 Å². The smallest absolute Gasteiger partial charge is 0.267 e. The largest absolute Gasteiger partial charge is 0.279 e. The van der Waals surface area contributed by atoms with Gasteiger partial charge < -0.3 is 0 Å². The van der Waals surface area contributed by atoms with Gasteiger partial charge in [-0.2, -0.15) is 0 Å². The van der Waals surface area contributed by atoms with Gasteiger partial charge in [0.2, 0.25) is 0 Å². The Morgan fingerprint density at radius 3 is 2.68 bits per heavy atom. The molecular formula is C15H12BrClN2O2S. The minimum absolute atomic E-state index is 0.296. The van der Waals surface area contributed by atoms with Crippen molar-refractivity contribution in [1.29, 1.82) is 0 Å². The molecule has 0 unspecified atom stereocenters. The van der Waals surface area contributed by atoms with Crippen LogP contribution in [0.5, 0.6) is 0 Å². The van der Waals surface area contributed by atoms with Gasteiger partial charge in [-0.25, -0.2) is 0 Å². The molecule has 3 rings (SSSR count). The Balaban J connectivity index is 1.65. The number of fused-ring (bicyclic) bond motifs is 1. The van der Waals surface area contributed by atoms with E-state index in [-0.39, 0.29) is 5.91 Å². The number of hydrogen-bond acceptors (Lipinski definition) is 3. The number of rotatable bonds is 2. The first-order valence-corrected chi connectivity index (χ1v) is 8.70. The summed E-state index contributed by atoms with van der Waals surface area (Å²) in [6.07, 6.45) is 3.22. The Morgan fingerprint density at radius 1 is 1.14 bits per heavy atom. The van der Waals surface area contributed by atoms with Gasteiger partial charge in [0.25, 0.3) is 11.8 Å². The zero-order valence-corrected chi connectivity index (χ0v) is 14.6. The molecular weight excluding hydrogens is 388 g/mol. The van der Waals surface area contributed by atoms with Gasteiger partial charge >= 0.3 is 0 Å². The van der Waals surface area contributed by atoms with E-state index in [0.717, 1.165) is 23.7 Å². The number of carbonyl (C=O) groups excluding carboxylic acids is 2. The summed E-state index contributed by atoms with van der Waals surface area (Å²) in [5.41, 5.74) is 6.37. The van der Waals surface area contributed by atoms with Crippen molar-refractivity contribution in [2.24, 2.45) is 0 Å². The predicted octanol–water partition coefficient (Wildman–Crippen LogP) is 3.73. The number of nitrogens with one attached hydrogen (secondary N) is 2. The number of thiophene rings is 1. The van der Waals surface area contributed by atoms with Crippen LogP contribution in [0.3, 0.4) is 0 Å². The highest BCUT2D eigenvalue weighted by molar-refractivity contribution is 9.10. The second-order valence-electron chi connectivity index (χ2n) is 4.95. The minimum atomic E-state index is -0.455. The molecule has 0 radical (unpaired) electrons. The number of carbonyl (C=O) groups is 2. The summed E-state index contributed by atoms with van der Waals surface area (Å²) in [6.45, 7) is 0. The predicted molar refractivity (Wildman–Crippen MR) is 90.4 cm³/mol. The van der Waals surface area contributed by atoms with Gasteiger partial charge in [-0.05, 0) is 49.1 Å². The normalized spacial score (nSPS) is 12.8. The molecule has 0 aliphatic heterocycles. The molecule has 1 aliphatic carbocycles. The molecule has 114 valence electrons. The monoisotopic (exact) mass is 398 g/mol. The summed E-state index contributed by atoms with van der Waals surface area (Å²) >= 11 is 10.7. The summed E-state index contributed by atoms with van der Waals surface area (Å²) in [5, 5.41) is 0.324. The minimum Gasteiger partial charge on any atom is -0.267 e. The maximum absolute atomic E-state index is 12.1. The molecule has 4 nitrogen and oxygen atoms in total. The van der Waals surface area contributed by atoms with Gasteiger partial charge in [-0.15, -0.1) is 11.3 Å². The van der Waals surface area contributed by atoms with Crippen molar-refractivity contribution in [3.63, 3.8) is 0 Å². The average Bonchev–Trinajstić information content (AvgIpc) is 3.08. The van der Waals surface area contributed by atoms with E-state index < -0.39 is 5.91 Å². The van der Waals surface area contributed by atoms with Crippen LogP contribution in [0.4, 0.5) is 0 Å². The van der Waals surface area contributed by atoms with Gasteiger partial charge in [0.1, 0.15) is 0 Å². The third-order valence-corrected chi connectivity index (χ3v) is 5.49. The SMILES string of the molecule is O=C(NNC(=O)c1cc(Br)ccc1Cl)c1cc2c(s1)CCC2. The van der Waals surface area contributed by atoms with Crippen molar-refractivity contribution in [3.8, 4) is 0 Å². The van der Waals surface area contributed by atoms with Crippen LogP contribution in [0.1, 0.15) is 36.9 Å². The summed E-state index contributed by atoms with van der Waals surface area (Å²) in [7, 11) is 0. The van der Waals surface area contributed by atoms with Gasteiger partial charge in [-0.1, -0.05) is 27.5 Å². The number of amides is 2. The van der Waals surface area contributed by atoms with Crippen molar-refractivity contribution >= 4 is 50.7 Å². The van der Waals surface area contributed by atoms with Crippen LogP contribution < -0.4 is 10.9 Å². The van der Waals surface area contributed by atoms with Crippen LogP contribution in [-0.2, 0) is 12.8 Å². The molecule has 0 saturated carbocycles. The molecule has 22 heavy (non-hydrogen) atoms. The average molecular weight is 400 g/mol. The molecule has 1 heterocycles. The third kappa shape index (κ3) is 3.19. The van der Waals surface area contributed by atoms with Crippen molar-refractivity contribution in [2.45, 2.75) is 19.3 Å². The van der Waals surface area contributed by atoms with Gasteiger partial charge in [0.15, 0.2) is 0 Å². The Morgan fingerprint density at radius 2 is 1.91 bits per heavy atom. The molecule has 0 fully saturated rings. The fraction of sp³-hybridized carbons (Fsp3) is 0.200. The van der Waals surface area contributed by atoms with E-state index in [0.29, 0.717) is 15.5 Å². The summed E-state index contributed by atoms with van der Waals surface area (Å²) in [6, 6.07) is 6.86. The zero-order valence-electron chi connectivity index (χ0n) is 11.4. The van der Waals surface area contributed by atoms with Crippen LogP contribution in [0.2, 0.25) is 5.02 Å². The lowest BCUT2D eigenvalue weighted by atomic mass is 10.2. The number of halogens is 2. The van der Waals surface area contributed by atoms with E-state index in [1.807, 2.05) is 6.07 Å². The number of benzene rings is 1. The van der Waals surface area contributed by atoms with E-state index in [9.17, 15) is 9.59 Å². The highest BCUT2D eigenvalue weighted by Gasteiger charge is 2.19. The molecule has 1 aromatic heterocycles. The fourth-order valence-corrected chi connectivity index (χ4v) is 4.07. The Bertz CT molecular complexity index is 738. The second kappa shape index (κ2) is 6.40. The molecule has 2 amide bonds. The lowest BCUT2D eigenvalue weighted by molar-refractivity contribution is 0.0849. The molecule has 2 N–H and O–H groups in total. The van der Waals surface area contributed by atoms with Crippen molar-refractivity contribution in [1.82, 2.24) is 10.9 Å². The Labute approximate surface area is 145 Å². The van der Waals surface area contributed by atoms with Gasteiger partial charge in [-0.3, -0.25) is 20.4 Å². The molecule has 0 atom stereocenters. The maximum atomic E-state index is 12.1. The van der Waals surface area contributed by atoms with Crippen LogP contribution in [0, 0.1) is 0 Å². The number of hydrazine groups is 1. The highest BCUT2D eigenvalue weighted by Crippen LogP contribution is 2.30. The van der Waals surface area contributed by atoms with Crippen molar-refractivity contribution in [2.75, 3.05) is 0 Å². The zero-order chi connectivity index (χ0) is 15.7. The maximum Gasteiger partial charge on any atom is 0.279 e. The first kappa shape index (κ1) is 15.5. The van der Waals surface area contributed by atoms with Crippen LogP contribution >= 0.6 is 38.9 Å². The van der Waals surface area contributed by atoms with Crippen molar-refractivity contribution < 1.29 is 9.59 Å². The molecule has 0 spiro atoms. The number of aryl methyl sites for hydroxylation is 2. The van der Waals surface area contributed by atoms with Gasteiger partial charge in [0.05, 0.1) is 15.5 Å². The molecule has 0 saturated heterocycles. The first-order valence-electron chi connectivity index (χ1n) is 6.72. The summed E-state index contributed by atoms with van der Waals surface area (Å²) < 4.78 is 0.739. The molecule has 2 aromatic rings. The van der Waals surface area contributed by atoms with Crippen LogP contribution in [-0.4, -0.2) is 11.8 Å². The van der Waals surface area contributed by atoms with Crippen molar-refractivity contribution in [3.05, 3.63) is 54.6 Å². The van der Waals surface area contributed by atoms with Gasteiger partial charge in [0, 0.05) is 9.35 Å². The Kier molecular flexibility index (Phi) is 4.52. The lowest BCUT2D eigenvalue weighted by Gasteiger charge is -2.08. The van der Waals surface area contributed by atoms with Crippen LogP contribution in [0.25, 0.3) is 0 Å². The molecule has 7 heteroatoms. The lowest BCUT2D eigenvalue weighted by Crippen LogP contribution is -2.41. The Hall–Kier alpha value is -1.37. The van der Waals surface area contributed by atoms with E-state index in [1.165, 1.54) is 21.8 Å². The third-order valence-electron chi connectivity index (χ3n) is 3.43. The molecule has 1 aliphatic rings. The highest BCUT2D eigenvalue weighted by atomic mass is 79.9. The summed E-state index contributed by atoms with van der Waals surface area (Å²) in [5.74, 6) is -0.761. The standard InChI is InChI=1S/C15H12BrClN2O2S/c16-9-4-5-11(17)10(7-9)14(20)18-19-15(21)13-6-8-2-1-3-12(8)22-13/h4-7H,1-3H2,(H,18,20)(H,19,21). The van der Waals surface area contributed by atoms with E-state index in [2.05, 4.69) is 26.8 Å². The first-order chi connectivity index (χ1) is 10.5. The van der Waals surface area contributed by atoms with Crippen LogP contribution in [0.15, 0.2) is 28.7 Å². The summed E-state index contributed by atoms with van der Waals surface area (Å²) in [4.78, 5) is 26.0. The fourth-order valence-electron chi connectivity index (χ4n) is 2.35. The quantitative estimate of drug-likeness (QED) is 0.756.